The van der Waals surface area contributed by atoms with Gasteiger partial charge in [0.05, 0.1) is 11.1 Å². The molecule has 1 unspecified atom stereocenters. The number of benzene rings is 2. The van der Waals surface area contributed by atoms with Crippen molar-refractivity contribution in [2.24, 2.45) is 5.84 Å². The summed E-state index contributed by atoms with van der Waals surface area (Å²) in [5.41, 5.74) is 5.00. The van der Waals surface area contributed by atoms with E-state index in [2.05, 4.69) is 45.1 Å². The highest BCUT2D eigenvalue weighted by molar-refractivity contribution is 14.1. The summed E-state index contributed by atoms with van der Waals surface area (Å²) in [5.74, 6) is 5.80. The molecular formula is C16H13ClIN3. The Labute approximate surface area is 141 Å². The van der Waals surface area contributed by atoms with Crippen molar-refractivity contribution < 1.29 is 0 Å². The predicted molar refractivity (Wildman–Crippen MR) is 95.1 cm³/mol. The Hall–Kier alpha value is -1.21. The van der Waals surface area contributed by atoms with Gasteiger partial charge in [-0.2, -0.15) is 0 Å². The van der Waals surface area contributed by atoms with Crippen molar-refractivity contribution in [1.29, 1.82) is 0 Å². The molecule has 0 aliphatic carbocycles. The van der Waals surface area contributed by atoms with Gasteiger partial charge in [0.2, 0.25) is 0 Å². The third-order valence-corrected chi connectivity index (χ3v) is 5.04. The molecule has 1 aromatic heterocycles. The van der Waals surface area contributed by atoms with Crippen LogP contribution in [0.2, 0.25) is 5.02 Å². The Balaban J connectivity index is 2.16. The van der Waals surface area contributed by atoms with Crippen LogP contribution in [0.3, 0.4) is 0 Å². The molecular weight excluding hydrogens is 397 g/mol. The van der Waals surface area contributed by atoms with Crippen LogP contribution in [-0.2, 0) is 0 Å². The number of nitrogens with zero attached hydrogens (tertiary/aromatic N) is 1. The lowest BCUT2D eigenvalue weighted by atomic mass is 9.95. The lowest BCUT2D eigenvalue weighted by Gasteiger charge is -2.19. The number of pyridine rings is 1. The summed E-state index contributed by atoms with van der Waals surface area (Å²) in [6.07, 6.45) is 3.65. The molecule has 1 heterocycles. The minimum atomic E-state index is -0.132. The number of nitrogens with one attached hydrogen (secondary N) is 1. The van der Waals surface area contributed by atoms with Gasteiger partial charge >= 0.3 is 0 Å². The molecule has 5 heteroatoms. The number of rotatable bonds is 3. The quantitative estimate of drug-likeness (QED) is 0.390. The van der Waals surface area contributed by atoms with Gasteiger partial charge in [-0.1, -0.05) is 35.9 Å². The highest BCUT2D eigenvalue weighted by Gasteiger charge is 2.16. The summed E-state index contributed by atoms with van der Waals surface area (Å²) in [6.45, 7) is 0. The van der Waals surface area contributed by atoms with Crippen molar-refractivity contribution in [2.75, 3.05) is 0 Å². The summed E-state index contributed by atoms with van der Waals surface area (Å²) >= 11 is 8.44. The van der Waals surface area contributed by atoms with E-state index in [4.69, 9.17) is 17.4 Å². The van der Waals surface area contributed by atoms with E-state index in [1.54, 1.807) is 6.20 Å². The standard InChI is InChI=1S/C16H13ClIN3/c17-14-8-11(4-5-15(14)18)16(21-19)12-3-1-2-10-6-7-20-9-13(10)12/h1-9,16,21H,19H2. The third kappa shape index (κ3) is 2.89. The van der Waals surface area contributed by atoms with E-state index in [-0.39, 0.29) is 6.04 Å². The molecule has 21 heavy (non-hydrogen) atoms. The topological polar surface area (TPSA) is 50.9 Å². The summed E-state index contributed by atoms with van der Waals surface area (Å²) < 4.78 is 1.02. The zero-order chi connectivity index (χ0) is 14.8. The first-order valence-electron chi connectivity index (χ1n) is 6.44. The van der Waals surface area contributed by atoms with Crippen molar-refractivity contribution >= 4 is 45.0 Å². The summed E-state index contributed by atoms with van der Waals surface area (Å²) in [7, 11) is 0. The van der Waals surface area contributed by atoms with Gasteiger partial charge in [-0.25, -0.2) is 5.43 Å². The molecule has 3 aromatic rings. The maximum absolute atomic E-state index is 6.23. The van der Waals surface area contributed by atoms with Crippen LogP contribution in [0.4, 0.5) is 0 Å². The highest BCUT2D eigenvalue weighted by Crippen LogP contribution is 2.30. The molecule has 0 saturated carbocycles. The van der Waals surface area contributed by atoms with Crippen molar-refractivity contribution in [2.45, 2.75) is 6.04 Å². The Bertz CT molecular complexity index is 786. The number of nitrogens with two attached hydrogens (primary N) is 1. The fraction of sp³-hybridized carbons (Fsp3) is 0.0625. The Kier molecular flexibility index (Phi) is 4.40. The van der Waals surface area contributed by atoms with Crippen LogP contribution in [0.5, 0.6) is 0 Å². The number of hydrazine groups is 1. The first-order valence-corrected chi connectivity index (χ1v) is 7.90. The van der Waals surface area contributed by atoms with Crippen LogP contribution in [0.1, 0.15) is 17.2 Å². The number of hydrogen-bond donors (Lipinski definition) is 2. The van der Waals surface area contributed by atoms with Crippen molar-refractivity contribution in [3.8, 4) is 0 Å². The molecule has 0 aliphatic rings. The van der Waals surface area contributed by atoms with E-state index in [0.29, 0.717) is 0 Å². The second-order valence-corrected chi connectivity index (χ2v) is 6.29. The fourth-order valence-electron chi connectivity index (χ4n) is 2.45. The molecule has 2 aromatic carbocycles. The average Bonchev–Trinajstić information content (AvgIpc) is 2.52. The van der Waals surface area contributed by atoms with Crippen LogP contribution in [0.25, 0.3) is 10.8 Å². The average molecular weight is 410 g/mol. The van der Waals surface area contributed by atoms with Gasteiger partial charge in [-0.15, -0.1) is 0 Å². The van der Waals surface area contributed by atoms with Crippen LogP contribution in [-0.4, -0.2) is 4.98 Å². The smallest absolute Gasteiger partial charge is 0.0717 e. The molecule has 1 atom stereocenters. The van der Waals surface area contributed by atoms with Crippen LogP contribution in [0, 0.1) is 3.57 Å². The molecule has 106 valence electrons. The van der Waals surface area contributed by atoms with Gasteiger partial charge in [0.25, 0.3) is 0 Å². The van der Waals surface area contributed by atoms with Gasteiger partial charge in [-0.05, 0) is 57.3 Å². The minimum absolute atomic E-state index is 0.132. The normalized spacial score (nSPS) is 12.5. The molecule has 3 N–H and O–H groups in total. The predicted octanol–water partition coefficient (Wildman–Crippen LogP) is 4.05. The lowest BCUT2D eigenvalue weighted by Crippen LogP contribution is -2.29. The Morgan fingerprint density at radius 3 is 2.81 bits per heavy atom. The summed E-state index contributed by atoms with van der Waals surface area (Å²) in [4.78, 5) is 4.22. The van der Waals surface area contributed by atoms with E-state index in [9.17, 15) is 0 Å². The number of hydrogen-bond acceptors (Lipinski definition) is 3. The number of fused-ring (bicyclic) bond motifs is 1. The van der Waals surface area contributed by atoms with Gasteiger partial charge in [0, 0.05) is 21.4 Å². The number of halogens is 2. The maximum Gasteiger partial charge on any atom is 0.0717 e. The third-order valence-electron chi connectivity index (χ3n) is 3.47. The molecule has 3 nitrogen and oxygen atoms in total. The number of aromatic nitrogens is 1. The molecule has 0 saturated heterocycles. The molecule has 0 amide bonds. The highest BCUT2D eigenvalue weighted by atomic mass is 127. The van der Waals surface area contributed by atoms with Crippen LogP contribution >= 0.6 is 34.2 Å². The van der Waals surface area contributed by atoms with Crippen LogP contribution in [0.15, 0.2) is 54.9 Å². The molecule has 0 spiro atoms. The van der Waals surface area contributed by atoms with Crippen molar-refractivity contribution in [3.63, 3.8) is 0 Å². The second-order valence-electron chi connectivity index (χ2n) is 4.72. The second kappa shape index (κ2) is 6.27. The summed E-state index contributed by atoms with van der Waals surface area (Å²) in [6, 6.07) is 14.0. The minimum Gasteiger partial charge on any atom is -0.271 e. The zero-order valence-electron chi connectivity index (χ0n) is 11.1. The molecule has 0 fully saturated rings. The molecule has 0 aliphatic heterocycles. The van der Waals surface area contributed by atoms with E-state index in [1.165, 1.54) is 0 Å². The SMILES string of the molecule is NNC(c1ccc(I)c(Cl)c1)c1cccc2ccncc12. The molecule has 3 rings (SSSR count). The van der Waals surface area contributed by atoms with Crippen LogP contribution < -0.4 is 11.3 Å². The largest absolute Gasteiger partial charge is 0.271 e. The van der Waals surface area contributed by atoms with E-state index >= 15 is 0 Å². The maximum atomic E-state index is 6.23. The lowest BCUT2D eigenvalue weighted by molar-refractivity contribution is 0.641. The van der Waals surface area contributed by atoms with E-state index < -0.39 is 0 Å². The van der Waals surface area contributed by atoms with Crippen molar-refractivity contribution in [3.05, 3.63) is 74.6 Å². The molecule has 0 bridgehead atoms. The van der Waals surface area contributed by atoms with E-state index in [0.717, 1.165) is 30.5 Å². The Morgan fingerprint density at radius 2 is 2.05 bits per heavy atom. The van der Waals surface area contributed by atoms with Gasteiger partial charge in [-0.3, -0.25) is 10.8 Å². The Morgan fingerprint density at radius 1 is 1.19 bits per heavy atom. The monoisotopic (exact) mass is 409 g/mol. The zero-order valence-corrected chi connectivity index (χ0v) is 14.0. The fourth-order valence-corrected chi connectivity index (χ4v) is 2.97. The summed E-state index contributed by atoms with van der Waals surface area (Å²) in [5, 5.41) is 2.95. The van der Waals surface area contributed by atoms with Gasteiger partial charge < -0.3 is 0 Å². The first-order chi connectivity index (χ1) is 10.2. The molecule has 0 radical (unpaired) electrons. The van der Waals surface area contributed by atoms with E-state index in [1.807, 2.05) is 36.5 Å². The first kappa shape index (κ1) is 14.7. The van der Waals surface area contributed by atoms with Gasteiger partial charge in [0.1, 0.15) is 0 Å². The van der Waals surface area contributed by atoms with Gasteiger partial charge in [0.15, 0.2) is 0 Å². The van der Waals surface area contributed by atoms with Crippen molar-refractivity contribution in [1.82, 2.24) is 10.4 Å².